The van der Waals surface area contributed by atoms with Gasteiger partial charge in [-0.3, -0.25) is 10.1 Å². The number of rotatable bonds is 3. The highest BCUT2D eigenvalue weighted by atomic mass is 32.2. The summed E-state index contributed by atoms with van der Waals surface area (Å²) in [6, 6.07) is -0.836. The van der Waals surface area contributed by atoms with Gasteiger partial charge in [0.25, 0.3) is 0 Å². The maximum atomic E-state index is 11.9. The zero-order valence-corrected chi connectivity index (χ0v) is 14.6. The Hall–Kier alpha value is -1.67. The highest BCUT2D eigenvalue weighted by Crippen LogP contribution is 2.41. The predicted molar refractivity (Wildman–Crippen MR) is 91.6 cm³/mol. The molecule has 6 nitrogen and oxygen atoms in total. The Morgan fingerprint density at radius 2 is 2.26 bits per heavy atom. The quantitative estimate of drug-likeness (QED) is 0.655. The number of carbonyl (C=O) groups is 2. The average Bonchev–Trinajstić information content (AvgIpc) is 2.84. The number of nitrogens with zero attached hydrogens (tertiary/aromatic N) is 2. The molecule has 3 N–H and O–H groups in total. The zero-order valence-electron chi connectivity index (χ0n) is 13.0. The van der Waals surface area contributed by atoms with Crippen LogP contribution in [0.2, 0.25) is 0 Å². The van der Waals surface area contributed by atoms with Gasteiger partial charge >= 0.3 is 6.03 Å². The Balaban J connectivity index is 1.92. The van der Waals surface area contributed by atoms with E-state index in [4.69, 9.17) is 5.73 Å². The molecule has 0 saturated heterocycles. The number of urea groups is 1. The molecule has 0 aliphatic heterocycles. The second kappa shape index (κ2) is 6.45. The van der Waals surface area contributed by atoms with Crippen molar-refractivity contribution < 1.29 is 9.59 Å². The molecule has 122 valence electrons. The molecule has 2 heterocycles. The molecule has 0 fully saturated rings. The van der Waals surface area contributed by atoms with E-state index in [0.717, 1.165) is 34.5 Å². The molecule has 0 bridgehead atoms. The van der Waals surface area contributed by atoms with Crippen LogP contribution >= 0.6 is 23.1 Å². The molecule has 23 heavy (non-hydrogen) atoms. The van der Waals surface area contributed by atoms with Gasteiger partial charge in [-0.2, -0.15) is 0 Å². The lowest BCUT2D eigenvalue weighted by atomic mass is 9.89. The summed E-state index contributed by atoms with van der Waals surface area (Å²) in [6.07, 6.45) is 4.81. The summed E-state index contributed by atoms with van der Waals surface area (Å²) < 4.78 is 0. The van der Waals surface area contributed by atoms with E-state index in [2.05, 4.69) is 22.2 Å². The number of primary amides is 1. The van der Waals surface area contributed by atoms with Crippen molar-refractivity contribution in [2.75, 3.05) is 0 Å². The third-order valence-electron chi connectivity index (χ3n) is 3.96. The normalized spacial score (nSPS) is 18.4. The van der Waals surface area contributed by atoms with Gasteiger partial charge in [0.2, 0.25) is 5.91 Å². The fraction of sp³-hybridized carbons (Fsp3) is 0.467. The van der Waals surface area contributed by atoms with Crippen molar-refractivity contribution in [2.24, 2.45) is 11.7 Å². The van der Waals surface area contributed by atoms with Crippen LogP contribution in [0.1, 0.15) is 30.7 Å². The molecular weight excluding hydrogens is 332 g/mol. The topological polar surface area (TPSA) is 98.0 Å². The number of carbonyl (C=O) groups excluding carboxylic acids is 2. The highest BCUT2D eigenvalue weighted by molar-refractivity contribution is 8.00. The van der Waals surface area contributed by atoms with Crippen LogP contribution in [0, 0.1) is 5.92 Å². The summed E-state index contributed by atoms with van der Waals surface area (Å²) in [5.74, 6) is 0.284. The lowest BCUT2D eigenvalue weighted by Gasteiger charge is -2.18. The fourth-order valence-electron chi connectivity index (χ4n) is 2.78. The van der Waals surface area contributed by atoms with E-state index in [1.165, 1.54) is 28.5 Å². The van der Waals surface area contributed by atoms with E-state index < -0.39 is 17.2 Å². The summed E-state index contributed by atoms with van der Waals surface area (Å²) in [5, 5.41) is 3.52. The largest absolute Gasteiger partial charge is 0.351 e. The first kappa shape index (κ1) is 16.2. The molecule has 8 heteroatoms. The van der Waals surface area contributed by atoms with Gasteiger partial charge < -0.3 is 5.73 Å². The lowest BCUT2D eigenvalue weighted by molar-refractivity contribution is -0.119. The van der Waals surface area contributed by atoms with Crippen molar-refractivity contribution in [1.82, 2.24) is 15.3 Å². The number of nitrogens with one attached hydrogen (secondary N) is 1. The summed E-state index contributed by atoms with van der Waals surface area (Å²) in [5.41, 5.74) is 6.33. The molecule has 2 aromatic rings. The van der Waals surface area contributed by atoms with Crippen LogP contribution in [0.3, 0.4) is 0 Å². The molecule has 2 atom stereocenters. The minimum Gasteiger partial charge on any atom is -0.351 e. The second-order valence-electron chi connectivity index (χ2n) is 5.82. The second-order valence-corrected chi connectivity index (χ2v) is 8.24. The Kier molecular flexibility index (Phi) is 4.54. The van der Waals surface area contributed by atoms with Crippen molar-refractivity contribution >= 4 is 45.3 Å². The van der Waals surface area contributed by atoms with Crippen LogP contribution in [0.4, 0.5) is 4.79 Å². The Labute approximate surface area is 142 Å². The number of thioether (sulfide) groups is 1. The minimum atomic E-state index is -0.836. The first-order chi connectivity index (χ1) is 11.0. The number of imide groups is 1. The van der Waals surface area contributed by atoms with E-state index in [1.807, 2.05) is 0 Å². The number of amides is 3. The molecule has 1 aliphatic carbocycles. The zero-order chi connectivity index (χ0) is 16.6. The molecule has 0 radical (unpaired) electrons. The molecule has 0 saturated carbocycles. The molecule has 1 aliphatic rings. The molecule has 0 unspecified atom stereocenters. The smallest absolute Gasteiger partial charge is 0.318 e. The molecule has 3 amide bonds. The third-order valence-corrected chi connectivity index (χ3v) is 6.22. The maximum Gasteiger partial charge on any atom is 0.318 e. The van der Waals surface area contributed by atoms with E-state index in [-0.39, 0.29) is 0 Å². The van der Waals surface area contributed by atoms with Crippen molar-refractivity contribution in [3.8, 4) is 0 Å². The maximum absolute atomic E-state index is 11.9. The van der Waals surface area contributed by atoms with Crippen molar-refractivity contribution in [3.63, 3.8) is 0 Å². The van der Waals surface area contributed by atoms with E-state index >= 15 is 0 Å². The summed E-state index contributed by atoms with van der Waals surface area (Å²) in [6.45, 7) is 4.00. The van der Waals surface area contributed by atoms with Crippen molar-refractivity contribution in [2.45, 2.75) is 43.4 Å². The average molecular weight is 350 g/mol. The van der Waals surface area contributed by atoms with Crippen LogP contribution in [-0.2, 0) is 17.6 Å². The summed E-state index contributed by atoms with van der Waals surface area (Å²) in [7, 11) is 0. The predicted octanol–water partition coefficient (Wildman–Crippen LogP) is 2.49. The van der Waals surface area contributed by atoms with Crippen LogP contribution in [-0.4, -0.2) is 27.2 Å². The van der Waals surface area contributed by atoms with Gasteiger partial charge in [0.1, 0.15) is 16.2 Å². The summed E-state index contributed by atoms with van der Waals surface area (Å²) in [4.78, 5) is 33.8. The van der Waals surface area contributed by atoms with Gasteiger partial charge in [-0.15, -0.1) is 11.3 Å². The van der Waals surface area contributed by atoms with Gasteiger partial charge in [0.05, 0.1) is 5.25 Å². The Morgan fingerprint density at radius 3 is 3.00 bits per heavy atom. The van der Waals surface area contributed by atoms with Gasteiger partial charge in [0.15, 0.2) is 0 Å². The monoisotopic (exact) mass is 350 g/mol. The van der Waals surface area contributed by atoms with Gasteiger partial charge in [-0.05, 0) is 37.7 Å². The number of aryl methyl sites for hydroxylation is 1. The first-order valence-corrected chi connectivity index (χ1v) is 9.17. The van der Waals surface area contributed by atoms with Crippen LogP contribution in [0.25, 0.3) is 10.2 Å². The molecule has 3 rings (SSSR count). The summed E-state index contributed by atoms with van der Waals surface area (Å²) >= 11 is 3.06. The van der Waals surface area contributed by atoms with Crippen LogP contribution < -0.4 is 11.1 Å². The fourth-order valence-corrected chi connectivity index (χ4v) is 5.14. The molecular formula is C15H18N4O2S2. The highest BCUT2D eigenvalue weighted by Gasteiger charge is 2.25. The van der Waals surface area contributed by atoms with Gasteiger partial charge in [0, 0.05) is 10.3 Å². The third kappa shape index (κ3) is 3.32. The number of aromatic nitrogens is 2. The Morgan fingerprint density at radius 1 is 1.48 bits per heavy atom. The van der Waals surface area contributed by atoms with Gasteiger partial charge in [-0.1, -0.05) is 18.7 Å². The van der Waals surface area contributed by atoms with E-state index in [0.29, 0.717) is 5.92 Å². The standard InChI is InChI=1S/C15H18N4O2S2/c1-7-3-4-9-10(5-7)23-14-11(9)13(17-6-18-14)22-8(2)12(20)19-15(16)21/h6-8H,3-5H2,1-2H3,(H3,16,19,20,21)/t7-,8+/m1/s1. The Bertz CT molecular complexity index is 774. The van der Waals surface area contributed by atoms with Crippen LogP contribution in [0.5, 0.6) is 0 Å². The minimum absolute atomic E-state index is 0.410. The number of hydrogen-bond donors (Lipinski definition) is 2. The first-order valence-electron chi connectivity index (χ1n) is 7.48. The van der Waals surface area contributed by atoms with Gasteiger partial charge in [-0.25, -0.2) is 14.8 Å². The van der Waals surface area contributed by atoms with E-state index in [9.17, 15) is 9.59 Å². The number of hydrogen-bond acceptors (Lipinski definition) is 6. The van der Waals surface area contributed by atoms with Crippen molar-refractivity contribution in [1.29, 1.82) is 0 Å². The number of nitrogens with two attached hydrogens (primary N) is 1. The van der Waals surface area contributed by atoms with E-state index in [1.54, 1.807) is 18.3 Å². The van der Waals surface area contributed by atoms with Crippen molar-refractivity contribution in [3.05, 3.63) is 16.8 Å². The molecule has 0 aromatic carbocycles. The SMILES string of the molecule is C[C@@H]1CCc2c(sc3ncnc(S[C@@H](C)C(=O)NC(N)=O)c23)C1. The van der Waals surface area contributed by atoms with Crippen LogP contribution in [0.15, 0.2) is 11.4 Å². The lowest BCUT2D eigenvalue weighted by Crippen LogP contribution is -2.39. The molecule has 0 spiro atoms. The molecule has 2 aromatic heterocycles. The number of fused-ring (bicyclic) bond motifs is 3. The number of thiophene rings is 1.